The molecule has 1 atom stereocenters. The molecular formula is C11H16O3. The van der Waals surface area contributed by atoms with Crippen LogP contribution >= 0.6 is 0 Å². The van der Waals surface area contributed by atoms with E-state index in [0.717, 1.165) is 5.56 Å². The van der Waals surface area contributed by atoms with Gasteiger partial charge in [0.2, 0.25) is 0 Å². The van der Waals surface area contributed by atoms with E-state index in [1.165, 1.54) is 0 Å². The first kappa shape index (κ1) is 10.9. The van der Waals surface area contributed by atoms with Crippen molar-refractivity contribution in [3.8, 4) is 11.5 Å². The molecule has 1 unspecified atom stereocenters. The van der Waals surface area contributed by atoms with Crippen LogP contribution in [-0.4, -0.2) is 25.9 Å². The molecule has 0 saturated heterocycles. The van der Waals surface area contributed by atoms with Crippen molar-refractivity contribution in [3.05, 3.63) is 23.8 Å². The van der Waals surface area contributed by atoms with Crippen LogP contribution in [0.5, 0.6) is 11.5 Å². The molecule has 78 valence electrons. The van der Waals surface area contributed by atoms with Crippen LogP contribution in [0.25, 0.3) is 0 Å². The second kappa shape index (κ2) is 4.86. The minimum absolute atomic E-state index is 0.0556. The van der Waals surface area contributed by atoms with Crippen LogP contribution in [-0.2, 0) is 0 Å². The van der Waals surface area contributed by atoms with Crippen molar-refractivity contribution in [2.45, 2.75) is 12.8 Å². The number of rotatable bonds is 4. The molecular weight excluding hydrogens is 180 g/mol. The second-order valence-electron chi connectivity index (χ2n) is 3.17. The van der Waals surface area contributed by atoms with Crippen LogP contribution in [0, 0.1) is 0 Å². The molecule has 1 aromatic rings. The molecule has 1 aromatic carbocycles. The summed E-state index contributed by atoms with van der Waals surface area (Å²) in [6.45, 7) is 2.04. The fourth-order valence-corrected chi connectivity index (χ4v) is 1.40. The lowest BCUT2D eigenvalue weighted by Crippen LogP contribution is -2.03. The first-order valence-electron chi connectivity index (χ1n) is 4.56. The Morgan fingerprint density at radius 3 is 2.50 bits per heavy atom. The Balaban J connectivity index is 3.14. The topological polar surface area (TPSA) is 38.7 Å². The van der Waals surface area contributed by atoms with Crippen LogP contribution in [0.3, 0.4) is 0 Å². The molecule has 0 aromatic heterocycles. The summed E-state index contributed by atoms with van der Waals surface area (Å²) >= 11 is 0. The summed E-state index contributed by atoms with van der Waals surface area (Å²) in [4.78, 5) is 0. The molecule has 0 aliphatic carbocycles. The second-order valence-corrected chi connectivity index (χ2v) is 3.17. The molecule has 1 rings (SSSR count). The molecule has 14 heavy (non-hydrogen) atoms. The zero-order valence-electron chi connectivity index (χ0n) is 8.78. The Kier molecular flexibility index (Phi) is 3.77. The summed E-state index contributed by atoms with van der Waals surface area (Å²) < 4.78 is 10.4. The number of benzene rings is 1. The minimum atomic E-state index is 0.0556. The number of hydrogen-bond donors (Lipinski definition) is 1. The summed E-state index contributed by atoms with van der Waals surface area (Å²) in [5.74, 6) is 1.46. The molecule has 0 bridgehead atoms. The smallest absolute Gasteiger partial charge is 0.164 e. The molecule has 0 fully saturated rings. The third-order valence-corrected chi connectivity index (χ3v) is 2.24. The van der Waals surface area contributed by atoms with Crippen LogP contribution in [0.4, 0.5) is 0 Å². The normalized spacial score (nSPS) is 12.3. The number of para-hydroxylation sites is 1. The maximum atomic E-state index is 9.08. The van der Waals surface area contributed by atoms with Crippen LogP contribution in [0.2, 0.25) is 0 Å². The fourth-order valence-electron chi connectivity index (χ4n) is 1.40. The van der Waals surface area contributed by atoms with Crippen LogP contribution in [0.1, 0.15) is 18.4 Å². The molecule has 0 spiro atoms. The molecule has 0 aliphatic heterocycles. The van der Waals surface area contributed by atoms with Crippen molar-refractivity contribution < 1.29 is 14.6 Å². The van der Waals surface area contributed by atoms with Gasteiger partial charge in [-0.25, -0.2) is 0 Å². The molecule has 0 saturated carbocycles. The maximum Gasteiger partial charge on any atom is 0.164 e. The van der Waals surface area contributed by atoms with E-state index in [2.05, 4.69) is 0 Å². The Hall–Kier alpha value is -1.22. The van der Waals surface area contributed by atoms with Crippen molar-refractivity contribution in [2.75, 3.05) is 20.8 Å². The van der Waals surface area contributed by atoms with E-state index >= 15 is 0 Å². The Bertz CT molecular complexity index is 297. The third-order valence-electron chi connectivity index (χ3n) is 2.24. The monoisotopic (exact) mass is 196 g/mol. The highest BCUT2D eigenvalue weighted by molar-refractivity contribution is 5.48. The van der Waals surface area contributed by atoms with Crippen molar-refractivity contribution >= 4 is 0 Å². The molecule has 0 heterocycles. The van der Waals surface area contributed by atoms with E-state index < -0.39 is 0 Å². The predicted octanol–water partition coefficient (Wildman–Crippen LogP) is 1.80. The first-order valence-corrected chi connectivity index (χ1v) is 4.56. The van der Waals surface area contributed by atoms with Gasteiger partial charge >= 0.3 is 0 Å². The van der Waals surface area contributed by atoms with Gasteiger partial charge in [0.15, 0.2) is 11.5 Å². The highest BCUT2D eigenvalue weighted by Crippen LogP contribution is 2.34. The van der Waals surface area contributed by atoms with Gasteiger partial charge in [-0.05, 0) is 6.07 Å². The van der Waals surface area contributed by atoms with Gasteiger partial charge in [-0.2, -0.15) is 0 Å². The highest BCUT2D eigenvalue weighted by Gasteiger charge is 2.14. The Morgan fingerprint density at radius 1 is 1.29 bits per heavy atom. The SMILES string of the molecule is COc1cccc(C(C)CO)c1OC. The first-order chi connectivity index (χ1) is 6.74. The lowest BCUT2D eigenvalue weighted by atomic mass is 10.0. The maximum absolute atomic E-state index is 9.08. The minimum Gasteiger partial charge on any atom is -0.493 e. The van der Waals surface area contributed by atoms with E-state index in [4.69, 9.17) is 14.6 Å². The molecule has 0 amide bonds. The summed E-state index contributed by atoms with van der Waals surface area (Å²) in [6, 6.07) is 5.66. The highest BCUT2D eigenvalue weighted by atomic mass is 16.5. The average Bonchev–Trinajstić information content (AvgIpc) is 2.26. The molecule has 0 radical (unpaired) electrons. The molecule has 3 nitrogen and oxygen atoms in total. The van der Waals surface area contributed by atoms with Crippen LogP contribution in [0.15, 0.2) is 18.2 Å². The standard InChI is InChI=1S/C11H16O3/c1-8(7-12)9-5-4-6-10(13-2)11(9)14-3/h4-6,8,12H,7H2,1-3H3. The lowest BCUT2D eigenvalue weighted by molar-refractivity contribution is 0.268. The van der Waals surface area contributed by atoms with Crippen molar-refractivity contribution in [1.82, 2.24) is 0 Å². The van der Waals surface area contributed by atoms with Gasteiger partial charge in [-0.15, -0.1) is 0 Å². The van der Waals surface area contributed by atoms with Gasteiger partial charge in [0.25, 0.3) is 0 Å². The molecule has 1 N–H and O–H groups in total. The zero-order valence-corrected chi connectivity index (χ0v) is 8.78. The Labute approximate surface area is 84.3 Å². The summed E-state index contributed by atoms with van der Waals surface area (Å²) in [6.07, 6.45) is 0. The number of aliphatic hydroxyl groups excluding tert-OH is 1. The van der Waals surface area contributed by atoms with E-state index in [9.17, 15) is 0 Å². The van der Waals surface area contributed by atoms with Crippen LogP contribution < -0.4 is 9.47 Å². The largest absolute Gasteiger partial charge is 0.493 e. The average molecular weight is 196 g/mol. The van der Waals surface area contributed by atoms with Gasteiger partial charge in [-0.1, -0.05) is 19.1 Å². The van der Waals surface area contributed by atoms with Crippen molar-refractivity contribution in [1.29, 1.82) is 0 Å². The summed E-state index contributed by atoms with van der Waals surface area (Å²) in [7, 11) is 3.21. The van der Waals surface area contributed by atoms with E-state index in [0.29, 0.717) is 11.5 Å². The van der Waals surface area contributed by atoms with Crippen molar-refractivity contribution in [3.63, 3.8) is 0 Å². The van der Waals surface area contributed by atoms with Gasteiger partial charge < -0.3 is 14.6 Å². The van der Waals surface area contributed by atoms with Gasteiger partial charge in [0.1, 0.15) is 0 Å². The third kappa shape index (κ3) is 1.99. The quantitative estimate of drug-likeness (QED) is 0.798. The summed E-state index contributed by atoms with van der Waals surface area (Å²) in [5.41, 5.74) is 0.967. The lowest BCUT2D eigenvalue weighted by Gasteiger charge is -2.15. The van der Waals surface area contributed by atoms with Gasteiger partial charge in [0, 0.05) is 18.1 Å². The van der Waals surface area contributed by atoms with E-state index in [-0.39, 0.29) is 12.5 Å². The number of methoxy groups -OCH3 is 2. The van der Waals surface area contributed by atoms with Crippen molar-refractivity contribution in [2.24, 2.45) is 0 Å². The number of aliphatic hydroxyl groups is 1. The molecule has 0 aliphatic rings. The van der Waals surface area contributed by atoms with Gasteiger partial charge in [-0.3, -0.25) is 0 Å². The van der Waals surface area contributed by atoms with Gasteiger partial charge in [0.05, 0.1) is 14.2 Å². The van der Waals surface area contributed by atoms with E-state index in [1.54, 1.807) is 14.2 Å². The Morgan fingerprint density at radius 2 is 2.00 bits per heavy atom. The number of ether oxygens (including phenoxy) is 2. The fraction of sp³-hybridized carbons (Fsp3) is 0.455. The predicted molar refractivity (Wildman–Crippen MR) is 55.0 cm³/mol. The summed E-state index contributed by atoms with van der Waals surface area (Å²) in [5, 5.41) is 9.08. The number of hydrogen-bond acceptors (Lipinski definition) is 3. The van der Waals surface area contributed by atoms with E-state index in [1.807, 2.05) is 25.1 Å². The molecule has 3 heteroatoms. The zero-order chi connectivity index (χ0) is 10.6.